The molecule has 0 fully saturated rings. The lowest BCUT2D eigenvalue weighted by molar-refractivity contribution is -0.128. The molecule has 6 nitrogen and oxygen atoms in total. The highest BCUT2D eigenvalue weighted by atomic mass is 32.2. The molecule has 1 aromatic heterocycles. The van der Waals surface area contributed by atoms with Gasteiger partial charge in [-0.3, -0.25) is 9.59 Å². The molecule has 140 valence electrons. The summed E-state index contributed by atoms with van der Waals surface area (Å²) in [7, 11) is 1.69. The summed E-state index contributed by atoms with van der Waals surface area (Å²) in [5.41, 5.74) is 0.847. The zero-order valence-corrected chi connectivity index (χ0v) is 16.0. The second kappa shape index (κ2) is 8.84. The molecule has 0 saturated heterocycles. The van der Waals surface area contributed by atoms with E-state index in [1.807, 2.05) is 6.92 Å². The Balaban J connectivity index is 1.84. The predicted molar refractivity (Wildman–Crippen MR) is 99.4 cm³/mol. The average Bonchev–Trinajstić information content (AvgIpc) is 3.03. The van der Waals surface area contributed by atoms with Crippen molar-refractivity contribution in [2.45, 2.75) is 32.1 Å². The number of carbonyl (C=O) groups excluding carboxylic acids is 2. The molecule has 0 bridgehead atoms. The molecule has 1 N–H and O–H groups in total. The van der Waals surface area contributed by atoms with E-state index in [9.17, 15) is 14.0 Å². The number of aromatic nitrogens is 1. The fourth-order valence-corrected chi connectivity index (χ4v) is 3.01. The summed E-state index contributed by atoms with van der Waals surface area (Å²) in [6.07, 6.45) is 0. The number of halogens is 1. The second-order valence-corrected chi connectivity index (χ2v) is 7.33. The highest BCUT2D eigenvalue weighted by Gasteiger charge is 2.21. The first-order valence-corrected chi connectivity index (χ1v) is 9.19. The van der Waals surface area contributed by atoms with Gasteiger partial charge in [0, 0.05) is 13.1 Å². The van der Waals surface area contributed by atoms with E-state index in [1.165, 1.54) is 23.9 Å². The Morgan fingerprint density at radius 3 is 2.54 bits per heavy atom. The SMILES string of the molecule is Cc1cc(NC(=O)[C@@H](C)SCC(=O)N(C)[C@H](C)c2ccc(F)cc2)no1. The van der Waals surface area contributed by atoms with Crippen LogP contribution in [-0.2, 0) is 9.59 Å². The summed E-state index contributed by atoms with van der Waals surface area (Å²) >= 11 is 1.24. The van der Waals surface area contributed by atoms with Gasteiger partial charge in [0.15, 0.2) is 5.82 Å². The van der Waals surface area contributed by atoms with Crippen LogP contribution in [0.1, 0.15) is 31.2 Å². The Hall–Kier alpha value is -2.35. The first-order valence-electron chi connectivity index (χ1n) is 8.15. The van der Waals surface area contributed by atoms with Crippen molar-refractivity contribution >= 4 is 29.4 Å². The van der Waals surface area contributed by atoms with Crippen LogP contribution in [0.3, 0.4) is 0 Å². The molecular formula is C18H22FN3O3S. The van der Waals surface area contributed by atoms with Crippen LogP contribution < -0.4 is 5.32 Å². The van der Waals surface area contributed by atoms with E-state index in [1.54, 1.807) is 44.0 Å². The smallest absolute Gasteiger partial charge is 0.238 e. The first kappa shape index (κ1) is 20.0. The van der Waals surface area contributed by atoms with Crippen LogP contribution in [0.4, 0.5) is 10.2 Å². The van der Waals surface area contributed by atoms with Gasteiger partial charge in [-0.25, -0.2) is 4.39 Å². The van der Waals surface area contributed by atoms with Crippen molar-refractivity contribution in [3.8, 4) is 0 Å². The normalized spacial score (nSPS) is 13.1. The van der Waals surface area contributed by atoms with Gasteiger partial charge in [-0.05, 0) is 38.5 Å². The fourth-order valence-electron chi connectivity index (χ4n) is 2.21. The maximum Gasteiger partial charge on any atom is 0.238 e. The van der Waals surface area contributed by atoms with Crippen LogP contribution in [-0.4, -0.2) is 39.9 Å². The van der Waals surface area contributed by atoms with Gasteiger partial charge < -0.3 is 14.7 Å². The van der Waals surface area contributed by atoms with Crippen molar-refractivity contribution in [3.63, 3.8) is 0 Å². The van der Waals surface area contributed by atoms with Gasteiger partial charge in [0.05, 0.1) is 17.0 Å². The van der Waals surface area contributed by atoms with Crippen molar-refractivity contribution < 1.29 is 18.5 Å². The highest BCUT2D eigenvalue weighted by Crippen LogP contribution is 2.21. The monoisotopic (exact) mass is 379 g/mol. The third-order valence-corrected chi connectivity index (χ3v) is 5.16. The standard InChI is InChI=1S/C18H22FN3O3S/c1-11-9-16(21-25-11)20-18(24)13(3)26-10-17(23)22(4)12(2)14-5-7-15(19)8-6-14/h5-9,12-13H,10H2,1-4H3,(H,20,21,24)/t12-,13-/m1/s1. The Labute approximate surface area is 156 Å². The minimum Gasteiger partial charge on any atom is -0.360 e. The van der Waals surface area contributed by atoms with E-state index in [0.717, 1.165) is 5.56 Å². The number of anilines is 1. The number of benzene rings is 1. The van der Waals surface area contributed by atoms with Gasteiger partial charge in [-0.1, -0.05) is 17.3 Å². The molecule has 0 aliphatic carbocycles. The number of rotatable bonds is 7. The predicted octanol–water partition coefficient (Wildman–Crippen LogP) is 3.40. The minimum absolute atomic E-state index is 0.108. The third kappa shape index (κ3) is 5.32. The molecule has 0 unspecified atom stereocenters. The summed E-state index contributed by atoms with van der Waals surface area (Å²) in [5.74, 6) is 0.455. The molecule has 8 heteroatoms. The molecule has 2 rings (SSSR count). The maximum absolute atomic E-state index is 13.0. The molecule has 0 aliphatic rings. The average molecular weight is 379 g/mol. The van der Waals surface area contributed by atoms with E-state index < -0.39 is 5.25 Å². The van der Waals surface area contributed by atoms with Crippen molar-refractivity contribution in [3.05, 3.63) is 47.5 Å². The Bertz CT molecular complexity index is 763. The number of aryl methyl sites for hydroxylation is 1. The lowest BCUT2D eigenvalue weighted by atomic mass is 10.1. The van der Waals surface area contributed by atoms with Gasteiger partial charge in [0.1, 0.15) is 11.6 Å². The van der Waals surface area contributed by atoms with Crippen LogP contribution in [0.2, 0.25) is 0 Å². The maximum atomic E-state index is 13.0. The van der Waals surface area contributed by atoms with Crippen molar-refractivity contribution in [1.29, 1.82) is 0 Å². The van der Waals surface area contributed by atoms with Crippen LogP contribution in [0.15, 0.2) is 34.9 Å². The molecule has 0 spiro atoms. The number of nitrogens with one attached hydrogen (secondary N) is 1. The molecule has 0 radical (unpaired) electrons. The van der Waals surface area contributed by atoms with E-state index in [2.05, 4.69) is 10.5 Å². The molecule has 2 amide bonds. The molecular weight excluding hydrogens is 357 g/mol. The third-order valence-electron chi connectivity index (χ3n) is 4.03. The summed E-state index contributed by atoms with van der Waals surface area (Å²) < 4.78 is 17.9. The van der Waals surface area contributed by atoms with Crippen molar-refractivity contribution in [1.82, 2.24) is 10.1 Å². The van der Waals surface area contributed by atoms with Crippen molar-refractivity contribution in [2.75, 3.05) is 18.1 Å². The van der Waals surface area contributed by atoms with E-state index in [4.69, 9.17) is 4.52 Å². The summed E-state index contributed by atoms with van der Waals surface area (Å²) in [5, 5.41) is 5.93. The highest BCUT2D eigenvalue weighted by molar-refractivity contribution is 8.01. The summed E-state index contributed by atoms with van der Waals surface area (Å²) in [6.45, 7) is 5.33. The Morgan fingerprint density at radius 2 is 1.96 bits per heavy atom. The van der Waals surface area contributed by atoms with E-state index >= 15 is 0 Å². The lowest BCUT2D eigenvalue weighted by Gasteiger charge is -2.25. The molecule has 0 aliphatic heterocycles. The zero-order valence-electron chi connectivity index (χ0n) is 15.2. The number of carbonyl (C=O) groups is 2. The number of thioether (sulfide) groups is 1. The number of hydrogen-bond acceptors (Lipinski definition) is 5. The van der Waals surface area contributed by atoms with Crippen LogP contribution in [0.5, 0.6) is 0 Å². The van der Waals surface area contributed by atoms with E-state index in [0.29, 0.717) is 11.6 Å². The van der Waals surface area contributed by atoms with Gasteiger partial charge >= 0.3 is 0 Å². The molecule has 0 saturated carbocycles. The Kier molecular flexibility index (Phi) is 6.79. The van der Waals surface area contributed by atoms with Crippen LogP contribution in [0, 0.1) is 12.7 Å². The van der Waals surface area contributed by atoms with Gasteiger partial charge in [0.2, 0.25) is 11.8 Å². The number of amides is 2. The number of hydrogen-bond donors (Lipinski definition) is 1. The summed E-state index contributed by atoms with van der Waals surface area (Å²) in [6, 6.07) is 7.50. The molecule has 1 heterocycles. The van der Waals surface area contributed by atoms with Crippen LogP contribution in [0.25, 0.3) is 0 Å². The lowest BCUT2D eigenvalue weighted by Crippen LogP contribution is -2.32. The van der Waals surface area contributed by atoms with Gasteiger partial charge in [-0.15, -0.1) is 11.8 Å². The number of nitrogens with zero attached hydrogens (tertiary/aromatic N) is 2. The second-order valence-electron chi connectivity index (χ2n) is 6.00. The minimum atomic E-state index is -0.425. The zero-order chi connectivity index (χ0) is 19.3. The molecule has 2 atom stereocenters. The molecule has 2 aromatic rings. The van der Waals surface area contributed by atoms with E-state index in [-0.39, 0.29) is 29.4 Å². The largest absolute Gasteiger partial charge is 0.360 e. The molecule has 26 heavy (non-hydrogen) atoms. The van der Waals surface area contributed by atoms with Crippen molar-refractivity contribution in [2.24, 2.45) is 0 Å². The van der Waals surface area contributed by atoms with Crippen LogP contribution >= 0.6 is 11.8 Å². The first-order chi connectivity index (χ1) is 12.3. The molecule has 1 aromatic carbocycles. The summed E-state index contributed by atoms with van der Waals surface area (Å²) in [4.78, 5) is 26.1. The van der Waals surface area contributed by atoms with Gasteiger partial charge in [-0.2, -0.15) is 0 Å². The quantitative estimate of drug-likeness (QED) is 0.798. The fraction of sp³-hybridized carbons (Fsp3) is 0.389. The van der Waals surface area contributed by atoms with Gasteiger partial charge in [0.25, 0.3) is 0 Å². The Morgan fingerprint density at radius 1 is 1.31 bits per heavy atom. The topological polar surface area (TPSA) is 75.4 Å².